The number of rotatable bonds is 41. The van der Waals surface area contributed by atoms with Gasteiger partial charge in [0.1, 0.15) is 42.4 Å². The van der Waals surface area contributed by atoms with Crippen molar-refractivity contribution in [1.82, 2.24) is 30.2 Å². The van der Waals surface area contributed by atoms with E-state index in [0.29, 0.717) is 18.8 Å². The number of imidazole rings is 1. The summed E-state index contributed by atoms with van der Waals surface area (Å²) in [7, 11) is -16.4. The number of nitrogens with two attached hydrogens (primary N) is 1. The summed E-state index contributed by atoms with van der Waals surface area (Å²) < 4.78 is 73.8. The van der Waals surface area contributed by atoms with Crippen LogP contribution in [-0.2, 0) is 60.2 Å². The van der Waals surface area contributed by atoms with E-state index in [1.54, 1.807) is 6.92 Å². The van der Waals surface area contributed by atoms with E-state index in [0.717, 1.165) is 67.5 Å². The number of hydrogen-bond acceptors (Lipinski definition) is 22. The third kappa shape index (κ3) is 25.7. The number of nitrogens with one attached hydrogen (secondary N) is 2. The van der Waals surface area contributed by atoms with Crippen LogP contribution < -0.4 is 16.4 Å². The Hall–Kier alpha value is -2.60. The molecule has 28 nitrogen and oxygen atoms in total. The third-order valence-corrected chi connectivity index (χ3v) is 17.5. The van der Waals surface area contributed by atoms with E-state index in [-0.39, 0.29) is 54.1 Å². The lowest BCUT2D eigenvalue weighted by molar-refractivity contribution is -0.261. The number of thioether (sulfide) groups is 1. The van der Waals surface area contributed by atoms with E-state index in [9.17, 15) is 68.1 Å². The molecule has 0 saturated carbocycles. The van der Waals surface area contributed by atoms with Crippen LogP contribution in [0.15, 0.2) is 12.7 Å². The molecule has 2 aliphatic rings. The van der Waals surface area contributed by atoms with Gasteiger partial charge in [-0.3, -0.25) is 32.5 Å². The van der Waals surface area contributed by atoms with Crippen molar-refractivity contribution >= 4 is 69.1 Å². The van der Waals surface area contributed by atoms with Crippen LogP contribution in [0.1, 0.15) is 162 Å². The van der Waals surface area contributed by atoms with Crippen molar-refractivity contribution in [3.05, 3.63) is 12.7 Å². The number of ether oxygens (including phenoxy) is 3. The predicted octanol–water partition coefficient (Wildman–Crippen LogP) is 4.95. The number of phosphoric ester groups is 3. The fourth-order valence-corrected chi connectivity index (χ4v) is 12.4. The summed E-state index contributed by atoms with van der Waals surface area (Å²) in [5, 5.41) is 46.5. The molecule has 0 radical (unpaired) electrons. The van der Waals surface area contributed by atoms with Gasteiger partial charge in [-0.05, 0) is 19.8 Å². The van der Waals surface area contributed by atoms with Gasteiger partial charge in [-0.2, -0.15) is 4.31 Å². The Morgan fingerprint density at radius 3 is 1.96 bits per heavy atom. The molecule has 11 atom stereocenters. The SMILES string of the molecule is C[C@@H]1O[C@@H](OCCCCCCCCCCCCCCCCCCCCC(=O)SCCNC(=O)CCNC(=O)[C@H](O)C(C)(C)COP(=O)(O)OP(=O)(O)OC[C@H]2O[C@@H](n3cnc4c(N)ncnc43)[C@H](O)[C@@H]2OP(=O)(O)O)[C@H](O)C[C@H]1O. The molecule has 2 aromatic rings. The molecule has 2 amide bonds. The molecule has 12 N–H and O–H groups in total. The van der Waals surface area contributed by atoms with Gasteiger partial charge in [-0.15, -0.1) is 0 Å². The number of carbonyl (C=O) groups is 3. The van der Waals surface area contributed by atoms with E-state index < -0.39 is 103 Å². The zero-order valence-corrected chi connectivity index (χ0v) is 49.4. The minimum Gasteiger partial charge on any atom is -0.390 e. The normalized spacial score (nSPS) is 23.6. The van der Waals surface area contributed by atoms with Gasteiger partial charge in [0.2, 0.25) is 11.8 Å². The number of aliphatic hydroxyl groups is 4. The van der Waals surface area contributed by atoms with Gasteiger partial charge in [-0.1, -0.05) is 128 Å². The number of carbonyl (C=O) groups excluding carboxylic acids is 3. The molecule has 2 fully saturated rings. The van der Waals surface area contributed by atoms with Crippen LogP contribution in [0, 0.1) is 5.41 Å². The second-order valence-corrected chi connectivity index (χ2v) is 26.2. The van der Waals surface area contributed by atoms with Gasteiger partial charge >= 0.3 is 23.5 Å². The van der Waals surface area contributed by atoms with Crippen molar-refractivity contribution in [2.24, 2.45) is 5.41 Å². The lowest BCUT2D eigenvalue weighted by Gasteiger charge is -2.35. The Balaban J connectivity index is 0.954. The fraction of sp³-hybridized carbons (Fsp3) is 0.833. The van der Waals surface area contributed by atoms with Gasteiger partial charge in [0.15, 0.2) is 29.1 Å². The van der Waals surface area contributed by atoms with E-state index in [1.807, 2.05) is 0 Å². The molecular weight excluding hydrogens is 1140 g/mol. The first-order chi connectivity index (χ1) is 37.8. The Morgan fingerprint density at radius 1 is 0.787 bits per heavy atom. The summed E-state index contributed by atoms with van der Waals surface area (Å²) in [5.74, 6) is -1.06. The molecule has 2 saturated heterocycles. The van der Waals surface area contributed by atoms with E-state index in [4.69, 9.17) is 29.0 Å². The zero-order valence-electron chi connectivity index (χ0n) is 45.9. The summed E-state index contributed by atoms with van der Waals surface area (Å²) in [6, 6.07) is 0. The topological polar surface area (TPSA) is 423 Å². The number of fused-ring (bicyclic) bond motifs is 1. The van der Waals surface area contributed by atoms with Crippen molar-refractivity contribution < 1.29 is 100 Å². The molecular formula is C48H86N7O21P3S. The molecule has 0 aromatic carbocycles. The third-order valence-electron chi connectivity index (χ3n) is 13.5. The monoisotopic (exact) mass is 1220 g/mol. The van der Waals surface area contributed by atoms with Crippen LogP contribution >= 0.6 is 35.2 Å². The van der Waals surface area contributed by atoms with Crippen LogP contribution in [0.4, 0.5) is 5.82 Å². The van der Waals surface area contributed by atoms with Crippen LogP contribution in [0.25, 0.3) is 11.2 Å². The highest BCUT2D eigenvalue weighted by atomic mass is 32.2. The van der Waals surface area contributed by atoms with Crippen molar-refractivity contribution in [3.8, 4) is 0 Å². The maximum absolute atomic E-state index is 12.8. The van der Waals surface area contributed by atoms with Crippen molar-refractivity contribution in [2.45, 2.75) is 211 Å². The molecule has 0 spiro atoms. The Bertz CT molecular complexity index is 2340. The maximum atomic E-state index is 12.8. The number of nitrogens with zero attached hydrogens (tertiary/aromatic N) is 4. The van der Waals surface area contributed by atoms with Crippen LogP contribution in [0.3, 0.4) is 0 Å². The minimum atomic E-state index is -5.59. The van der Waals surface area contributed by atoms with Crippen LogP contribution in [-0.4, -0.2) is 164 Å². The lowest BCUT2D eigenvalue weighted by atomic mass is 9.87. The largest absolute Gasteiger partial charge is 0.481 e. The summed E-state index contributed by atoms with van der Waals surface area (Å²) in [6.45, 7) is 2.89. The Kier molecular flexibility index (Phi) is 30.6. The quantitative estimate of drug-likeness (QED) is 0.0310. The second kappa shape index (κ2) is 35.0. The standard InChI is InChI=1S/C48H86N7O21P3S/c1-33-34(56)28-35(57)47(73-33)70-26-21-19-17-15-13-11-9-7-5-4-6-8-10-12-14-16-18-20-22-38(59)80-27-25-50-37(58)23-24-51-45(62)42(61)48(2,3)30-72-79(68,69)76-78(66,67)71-29-36-41(75-77(63,64)65)40(60)46(74-36)55-32-54-39-43(49)52-31-53-44(39)55/h31-36,40-42,46-47,56-57,60-61H,4-30H2,1-3H3,(H,50,58)(H,51,62)(H,66,67)(H,68,69)(H2,49,52,53)(H2,63,64,65)/t33-,34+,35+,36+,40+,41+,42-,46+,47+/m0/s1. The number of amides is 2. The minimum absolute atomic E-state index is 0.0297. The molecule has 4 heterocycles. The lowest BCUT2D eigenvalue weighted by Crippen LogP contribution is -2.47. The number of hydrogen-bond donors (Lipinski definition) is 11. The molecule has 2 unspecified atom stereocenters. The Morgan fingerprint density at radius 2 is 1.36 bits per heavy atom. The number of phosphoric acid groups is 3. The second-order valence-electron chi connectivity index (χ2n) is 20.9. The summed E-state index contributed by atoms with van der Waals surface area (Å²) >= 11 is 1.15. The first-order valence-electron chi connectivity index (χ1n) is 27.5. The highest BCUT2D eigenvalue weighted by molar-refractivity contribution is 8.13. The van der Waals surface area contributed by atoms with Crippen molar-refractivity contribution in [3.63, 3.8) is 0 Å². The van der Waals surface area contributed by atoms with E-state index in [1.165, 1.54) is 90.9 Å². The highest BCUT2D eigenvalue weighted by Crippen LogP contribution is 2.61. The molecule has 32 heteroatoms. The van der Waals surface area contributed by atoms with Crippen molar-refractivity contribution in [2.75, 3.05) is 44.4 Å². The molecule has 0 aliphatic carbocycles. The molecule has 80 heavy (non-hydrogen) atoms. The van der Waals surface area contributed by atoms with Gasteiger partial charge in [0.25, 0.3) is 0 Å². The molecule has 0 bridgehead atoms. The number of nitrogen functional groups attached to an aromatic ring is 1. The van der Waals surface area contributed by atoms with Crippen molar-refractivity contribution in [1.29, 1.82) is 0 Å². The summed E-state index contributed by atoms with van der Waals surface area (Å²) in [6.07, 6.45) is 12.7. The van der Waals surface area contributed by atoms with Gasteiger partial charge in [-0.25, -0.2) is 28.6 Å². The molecule has 2 aliphatic heterocycles. The predicted molar refractivity (Wildman–Crippen MR) is 292 cm³/mol. The maximum Gasteiger partial charge on any atom is 0.481 e. The molecule has 460 valence electrons. The zero-order chi connectivity index (χ0) is 58.9. The number of anilines is 1. The Labute approximate surface area is 471 Å². The average Bonchev–Trinajstić information content (AvgIpc) is 3.98. The molecule has 2 aromatic heterocycles. The molecule has 4 rings (SSSR count). The fourth-order valence-electron chi connectivity index (χ4n) is 8.86. The van der Waals surface area contributed by atoms with Gasteiger partial charge < -0.3 is 70.6 Å². The highest BCUT2D eigenvalue weighted by Gasteiger charge is 2.50. The first-order valence-corrected chi connectivity index (χ1v) is 33.0. The van der Waals surface area contributed by atoms with E-state index >= 15 is 0 Å². The van der Waals surface area contributed by atoms with Gasteiger partial charge in [0, 0.05) is 50.1 Å². The first kappa shape index (κ1) is 69.9. The summed E-state index contributed by atoms with van der Waals surface area (Å²) in [4.78, 5) is 88.7. The van der Waals surface area contributed by atoms with Crippen LogP contribution in [0.2, 0.25) is 0 Å². The van der Waals surface area contributed by atoms with E-state index in [2.05, 4.69) is 34.4 Å². The smallest absolute Gasteiger partial charge is 0.390 e. The number of aromatic nitrogens is 4. The number of unbranched alkanes of at least 4 members (excludes halogenated alkanes) is 17. The average molecular weight is 1220 g/mol. The summed E-state index contributed by atoms with van der Waals surface area (Å²) in [5.41, 5.74) is 4.28. The number of aliphatic hydroxyl groups excluding tert-OH is 4. The van der Waals surface area contributed by atoms with Crippen LogP contribution in [0.5, 0.6) is 0 Å². The van der Waals surface area contributed by atoms with Gasteiger partial charge in [0.05, 0.1) is 31.7 Å².